The lowest BCUT2D eigenvalue weighted by atomic mass is 10.1. The number of rotatable bonds is 6. The van der Waals surface area contributed by atoms with Crippen LogP contribution >= 0.6 is 11.3 Å². The van der Waals surface area contributed by atoms with E-state index in [1.54, 1.807) is 49.6 Å². The number of carbonyl (C=O) groups excluding carboxylic acids is 2. The van der Waals surface area contributed by atoms with Crippen molar-refractivity contribution in [2.24, 2.45) is 0 Å². The summed E-state index contributed by atoms with van der Waals surface area (Å²) in [5.41, 5.74) is 1.21. The van der Waals surface area contributed by atoms with Crippen LogP contribution in [0.5, 0.6) is 5.75 Å². The highest BCUT2D eigenvalue weighted by atomic mass is 32.1. The summed E-state index contributed by atoms with van der Waals surface area (Å²) >= 11 is 1.27. The number of nitrogens with zero attached hydrogens (tertiary/aromatic N) is 2. The number of nitriles is 1. The molecular weight excluding hydrogens is 378 g/mol. The minimum atomic E-state index is -0.865. The first-order valence-electron chi connectivity index (χ1n) is 8.17. The number of fused-ring (bicyclic) bond motifs is 1. The second-order valence-corrected chi connectivity index (χ2v) is 6.59. The number of hydrogen-bond donors (Lipinski definition) is 1. The van der Waals surface area contributed by atoms with Gasteiger partial charge < -0.3 is 9.47 Å². The summed E-state index contributed by atoms with van der Waals surface area (Å²) in [6.45, 7) is -0.522. The second kappa shape index (κ2) is 8.79. The van der Waals surface area contributed by atoms with Gasteiger partial charge in [0.15, 0.2) is 11.7 Å². The minimum absolute atomic E-state index is 0.189. The lowest BCUT2D eigenvalue weighted by Crippen LogP contribution is -2.21. The summed E-state index contributed by atoms with van der Waals surface area (Å²) in [6.07, 6.45) is 1.40. The molecule has 0 atom stereocenters. The van der Waals surface area contributed by atoms with Gasteiger partial charge in [0.2, 0.25) is 0 Å². The SMILES string of the molecule is COc1ccc2nc(NC(=O)COC(=O)/C(C#N)=C\c3ccccc3)sc2c1. The number of anilines is 1. The molecule has 2 aromatic carbocycles. The van der Waals surface area contributed by atoms with Crippen LogP contribution < -0.4 is 10.1 Å². The van der Waals surface area contributed by atoms with Crippen molar-refractivity contribution < 1.29 is 19.1 Å². The minimum Gasteiger partial charge on any atom is -0.497 e. The molecule has 0 unspecified atom stereocenters. The van der Waals surface area contributed by atoms with E-state index >= 15 is 0 Å². The quantitative estimate of drug-likeness (QED) is 0.391. The van der Waals surface area contributed by atoms with Crippen molar-refractivity contribution in [3.63, 3.8) is 0 Å². The lowest BCUT2D eigenvalue weighted by molar-refractivity contribution is -0.142. The topological polar surface area (TPSA) is 101 Å². The molecule has 0 saturated heterocycles. The van der Waals surface area contributed by atoms with Gasteiger partial charge in [0.05, 0.1) is 17.3 Å². The summed E-state index contributed by atoms with van der Waals surface area (Å²) in [4.78, 5) is 28.4. The number of amides is 1. The van der Waals surface area contributed by atoms with Crippen molar-refractivity contribution >= 4 is 44.6 Å². The Balaban J connectivity index is 1.60. The van der Waals surface area contributed by atoms with Gasteiger partial charge in [0.1, 0.15) is 17.4 Å². The smallest absolute Gasteiger partial charge is 0.349 e. The van der Waals surface area contributed by atoms with Crippen LogP contribution in [0.25, 0.3) is 16.3 Å². The lowest BCUT2D eigenvalue weighted by Gasteiger charge is -2.04. The van der Waals surface area contributed by atoms with Gasteiger partial charge in [-0.25, -0.2) is 9.78 Å². The highest BCUT2D eigenvalue weighted by Gasteiger charge is 2.14. The first kappa shape index (κ1) is 19.1. The molecule has 0 aliphatic rings. The molecule has 7 nitrogen and oxygen atoms in total. The molecule has 0 spiro atoms. The molecule has 0 aliphatic carbocycles. The number of carbonyl (C=O) groups is 2. The number of ether oxygens (including phenoxy) is 2. The van der Waals surface area contributed by atoms with Gasteiger partial charge in [0, 0.05) is 0 Å². The molecule has 0 saturated carbocycles. The Morgan fingerprint density at radius 3 is 2.75 bits per heavy atom. The maximum Gasteiger partial charge on any atom is 0.349 e. The molecule has 1 aromatic heterocycles. The van der Waals surface area contributed by atoms with E-state index in [4.69, 9.17) is 14.7 Å². The van der Waals surface area contributed by atoms with E-state index < -0.39 is 18.5 Å². The zero-order valence-corrected chi connectivity index (χ0v) is 15.7. The van der Waals surface area contributed by atoms with Crippen molar-refractivity contribution in [1.29, 1.82) is 5.26 Å². The standard InChI is InChI=1S/C20H15N3O4S/c1-26-15-7-8-16-17(10-15)28-20(22-16)23-18(24)12-27-19(25)14(11-21)9-13-5-3-2-4-6-13/h2-10H,12H2,1H3,(H,22,23,24)/b14-9-. The molecule has 0 bridgehead atoms. The van der Waals surface area contributed by atoms with Crippen LogP contribution in [0.1, 0.15) is 5.56 Å². The van der Waals surface area contributed by atoms with Gasteiger partial charge in [-0.3, -0.25) is 10.1 Å². The highest BCUT2D eigenvalue weighted by molar-refractivity contribution is 7.22. The molecule has 140 valence electrons. The van der Waals surface area contributed by atoms with E-state index in [0.29, 0.717) is 16.4 Å². The van der Waals surface area contributed by atoms with Crippen molar-refractivity contribution in [1.82, 2.24) is 4.98 Å². The molecule has 8 heteroatoms. The molecule has 1 amide bonds. The maximum atomic E-state index is 12.0. The average molecular weight is 393 g/mol. The van der Waals surface area contributed by atoms with Gasteiger partial charge >= 0.3 is 5.97 Å². The second-order valence-electron chi connectivity index (χ2n) is 5.56. The van der Waals surface area contributed by atoms with Crippen molar-refractivity contribution in [3.05, 3.63) is 59.7 Å². The molecule has 3 rings (SSSR count). The molecule has 0 aliphatic heterocycles. The molecule has 1 heterocycles. The molecule has 28 heavy (non-hydrogen) atoms. The zero-order chi connectivity index (χ0) is 19.9. The number of benzene rings is 2. The van der Waals surface area contributed by atoms with Crippen LogP contribution in [-0.2, 0) is 14.3 Å². The number of nitrogens with one attached hydrogen (secondary N) is 1. The van der Waals surface area contributed by atoms with E-state index in [2.05, 4.69) is 10.3 Å². The maximum absolute atomic E-state index is 12.0. The van der Waals surface area contributed by atoms with Crippen molar-refractivity contribution in [3.8, 4) is 11.8 Å². The van der Waals surface area contributed by atoms with Crippen molar-refractivity contribution in [2.45, 2.75) is 0 Å². The third-order valence-electron chi connectivity index (χ3n) is 3.63. The van der Waals surface area contributed by atoms with Gasteiger partial charge in [-0.1, -0.05) is 41.7 Å². The molecule has 3 aromatic rings. The van der Waals surface area contributed by atoms with E-state index in [1.165, 1.54) is 17.4 Å². The van der Waals surface area contributed by atoms with Gasteiger partial charge in [-0.15, -0.1) is 0 Å². The Morgan fingerprint density at radius 2 is 2.04 bits per heavy atom. The monoisotopic (exact) mass is 393 g/mol. The fourth-order valence-corrected chi connectivity index (χ4v) is 3.21. The van der Waals surface area contributed by atoms with Gasteiger partial charge in [-0.05, 0) is 29.8 Å². The summed E-state index contributed by atoms with van der Waals surface area (Å²) in [5.74, 6) is -0.718. The first-order valence-corrected chi connectivity index (χ1v) is 8.99. The van der Waals surface area contributed by atoms with Crippen LogP contribution in [0.4, 0.5) is 5.13 Å². The van der Waals surface area contributed by atoms with E-state index in [9.17, 15) is 9.59 Å². The van der Waals surface area contributed by atoms with Gasteiger partial charge in [-0.2, -0.15) is 5.26 Å². The van der Waals surface area contributed by atoms with E-state index in [1.807, 2.05) is 12.1 Å². The van der Waals surface area contributed by atoms with Crippen molar-refractivity contribution in [2.75, 3.05) is 19.0 Å². The predicted octanol–water partition coefficient (Wildman–Crippen LogP) is 3.39. The third kappa shape index (κ3) is 4.72. The van der Waals surface area contributed by atoms with Crippen LogP contribution in [0.15, 0.2) is 54.1 Å². The normalized spacial score (nSPS) is 10.9. The third-order valence-corrected chi connectivity index (χ3v) is 4.56. The Hall–Kier alpha value is -3.70. The number of thiazole rings is 1. The van der Waals surface area contributed by atoms with Gasteiger partial charge in [0.25, 0.3) is 5.91 Å². The fourth-order valence-electron chi connectivity index (χ4n) is 2.30. The predicted molar refractivity (Wildman–Crippen MR) is 106 cm³/mol. The summed E-state index contributed by atoms with van der Waals surface area (Å²) in [6, 6.07) is 16.1. The summed E-state index contributed by atoms with van der Waals surface area (Å²) in [7, 11) is 1.57. The number of hydrogen-bond acceptors (Lipinski definition) is 7. The summed E-state index contributed by atoms with van der Waals surface area (Å²) < 4.78 is 10.9. The Labute approximate surface area is 164 Å². The highest BCUT2D eigenvalue weighted by Crippen LogP contribution is 2.29. The molecule has 0 fully saturated rings. The van der Waals surface area contributed by atoms with Crippen LogP contribution in [0, 0.1) is 11.3 Å². The Morgan fingerprint density at radius 1 is 1.25 bits per heavy atom. The summed E-state index contributed by atoms with van der Waals surface area (Å²) in [5, 5.41) is 12.1. The van der Waals surface area contributed by atoms with Crippen LogP contribution in [0.2, 0.25) is 0 Å². The fraction of sp³-hybridized carbons (Fsp3) is 0.100. The number of methoxy groups -OCH3 is 1. The Kier molecular flexibility index (Phi) is 5.99. The number of aromatic nitrogens is 1. The number of esters is 1. The molecule has 1 N–H and O–H groups in total. The Bertz CT molecular complexity index is 1080. The molecular formula is C20H15N3O4S. The molecule has 0 radical (unpaired) electrons. The first-order chi connectivity index (χ1) is 13.6. The van der Waals surface area contributed by atoms with Crippen LogP contribution in [-0.4, -0.2) is 30.6 Å². The van der Waals surface area contributed by atoms with Crippen LogP contribution in [0.3, 0.4) is 0 Å². The van der Waals surface area contributed by atoms with E-state index in [-0.39, 0.29) is 5.57 Å². The average Bonchev–Trinajstić information content (AvgIpc) is 3.12. The zero-order valence-electron chi connectivity index (χ0n) is 14.8. The van der Waals surface area contributed by atoms with E-state index in [0.717, 1.165) is 10.2 Å². The largest absolute Gasteiger partial charge is 0.497 e.